The summed E-state index contributed by atoms with van der Waals surface area (Å²) in [6, 6.07) is 38.8. The minimum Gasteiger partial charge on any atom is -0.493 e. The van der Waals surface area contributed by atoms with E-state index >= 15 is 0 Å². The fraction of sp³-hybridized carbons (Fsp3) is 0.0204. The molecular formula is C49H33N4Pt-3. The van der Waals surface area contributed by atoms with Crippen molar-refractivity contribution in [3.63, 3.8) is 0 Å². The quantitative estimate of drug-likeness (QED) is 0.149. The van der Waals surface area contributed by atoms with Gasteiger partial charge in [-0.25, -0.2) is 4.98 Å². The topological polar surface area (TPSA) is 24.3 Å². The number of rotatable bonds is 7. The molecule has 0 radical (unpaired) electrons. The van der Waals surface area contributed by atoms with Crippen LogP contribution in [0.15, 0.2) is 182 Å². The van der Waals surface area contributed by atoms with E-state index in [0.29, 0.717) is 17.8 Å². The smallest absolute Gasteiger partial charge is 0.135 e. The van der Waals surface area contributed by atoms with Crippen LogP contribution >= 0.6 is 0 Å². The van der Waals surface area contributed by atoms with Crippen LogP contribution < -0.4 is 9.80 Å². The first-order valence-corrected chi connectivity index (χ1v) is 17.1. The number of pyridine rings is 1. The normalized spacial score (nSPS) is 14.8. The molecule has 1 aliphatic heterocycles. The van der Waals surface area contributed by atoms with Gasteiger partial charge in [-0.05, 0) is 53.3 Å². The van der Waals surface area contributed by atoms with Gasteiger partial charge in [-0.1, -0.05) is 121 Å². The maximum absolute atomic E-state index is 8.98. The first-order valence-electron chi connectivity index (χ1n) is 22.1. The van der Waals surface area contributed by atoms with E-state index in [9.17, 15) is 0 Å². The molecule has 10 rings (SSSR count). The van der Waals surface area contributed by atoms with Gasteiger partial charge in [0.05, 0.1) is 13.7 Å². The number of aromatic nitrogens is 2. The zero-order valence-corrected chi connectivity index (χ0v) is 30.7. The second kappa shape index (κ2) is 14.3. The van der Waals surface area contributed by atoms with E-state index in [-0.39, 0.29) is 49.0 Å². The van der Waals surface area contributed by atoms with Crippen molar-refractivity contribution < 1.29 is 34.8 Å². The van der Waals surface area contributed by atoms with E-state index in [1.807, 2.05) is 77.7 Å². The molecule has 1 aliphatic rings. The molecule has 7 aromatic carbocycles. The first kappa shape index (κ1) is 24.2. The largest absolute Gasteiger partial charge is 0.493 e. The van der Waals surface area contributed by atoms with E-state index in [2.05, 4.69) is 45.9 Å². The summed E-state index contributed by atoms with van der Waals surface area (Å²) in [5, 5.41) is 2.16. The third-order valence-corrected chi connectivity index (χ3v) is 9.45. The number of nitrogens with zero attached hydrogens (tertiary/aromatic N) is 4. The van der Waals surface area contributed by atoms with Gasteiger partial charge in [-0.15, -0.1) is 17.7 Å². The fourth-order valence-corrected chi connectivity index (χ4v) is 7.17. The molecule has 0 aliphatic carbocycles. The second-order valence-corrected chi connectivity index (χ2v) is 12.6. The van der Waals surface area contributed by atoms with Crippen LogP contribution in [0.2, 0.25) is 0 Å². The van der Waals surface area contributed by atoms with Crippen molar-refractivity contribution in [3.05, 3.63) is 212 Å². The minimum absolute atomic E-state index is 0. The SMILES string of the molecule is [2H]c1c([2H])c([2H])c(-c2cccc(-c3c([2H])c([2H])c([2H])c([2H])c3[2H])c2N2[CH-]N(c3[c-]c(Cc4[c-]c5c(cc4)c4ccccc4n5-c4ccccn4)ccc3)c3ccccc32)c([2H])c1[2H].[Pt]. The zero-order valence-electron chi connectivity index (χ0n) is 38.4. The molecule has 0 atom stereocenters. The van der Waals surface area contributed by atoms with Crippen LogP contribution in [-0.4, -0.2) is 9.55 Å². The summed E-state index contributed by atoms with van der Waals surface area (Å²) in [6.07, 6.45) is 2.28. The predicted molar refractivity (Wildman–Crippen MR) is 218 cm³/mol. The van der Waals surface area contributed by atoms with E-state index in [0.717, 1.165) is 44.4 Å². The van der Waals surface area contributed by atoms with E-state index < -0.39 is 60.4 Å². The maximum atomic E-state index is 8.98. The molecule has 0 fully saturated rings. The molecule has 0 N–H and O–H groups in total. The summed E-state index contributed by atoms with van der Waals surface area (Å²) in [5.41, 5.74) is 6.27. The Morgan fingerprint density at radius 3 is 1.94 bits per heavy atom. The van der Waals surface area contributed by atoms with E-state index in [1.165, 1.54) is 0 Å². The Labute approximate surface area is 343 Å². The Kier molecular flexibility index (Phi) is 6.40. The van der Waals surface area contributed by atoms with Crippen molar-refractivity contribution in [2.45, 2.75) is 6.42 Å². The number of hydrogen-bond donors (Lipinski definition) is 0. The standard InChI is InChI=1S/C49H33N4.Pt/c1-3-16-37(17-4-1)40-22-14-23-41(38-18-5-2-6-19-38)49(40)52-34-51(45-25-9-10-26-46(45)52)39-20-13-15-35(32-39)31-36-28-29-43-42-21-7-8-24-44(42)53(47(43)33-36)48-27-11-12-30-50-48;/h1-30,34H,31H2;/q-3;/i1D,2D,3D,4D,5D,6D,16D,17D,18D,19D;. The summed E-state index contributed by atoms with van der Waals surface area (Å²) in [5.74, 6) is 0.793. The van der Waals surface area contributed by atoms with Gasteiger partial charge in [0.2, 0.25) is 0 Å². The summed E-state index contributed by atoms with van der Waals surface area (Å²) >= 11 is 0. The molecule has 2 aromatic heterocycles. The average molecular weight is 883 g/mol. The maximum Gasteiger partial charge on any atom is 0.135 e. The van der Waals surface area contributed by atoms with Crippen LogP contribution in [0.25, 0.3) is 49.9 Å². The van der Waals surface area contributed by atoms with Gasteiger partial charge in [0.15, 0.2) is 0 Å². The van der Waals surface area contributed by atoms with Gasteiger partial charge in [0.25, 0.3) is 0 Å². The van der Waals surface area contributed by atoms with Crippen LogP contribution in [0.4, 0.5) is 22.7 Å². The molecule has 0 saturated heterocycles. The van der Waals surface area contributed by atoms with E-state index in [1.54, 1.807) is 36.0 Å². The average Bonchev–Trinajstić information content (AvgIpc) is 3.85. The molecule has 262 valence electrons. The molecule has 0 bridgehead atoms. The third-order valence-electron chi connectivity index (χ3n) is 9.45. The number of hydrogen-bond acceptors (Lipinski definition) is 3. The summed E-state index contributed by atoms with van der Waals surface area (Å²) < 4.78 is 88.7. The fourth-order valence-electron chi connectivity index (χ4n) is 7.17. The Hall–Kier alpha value is -6.22. The third kappa shape index (κ3) is 5.90. The molecular weight excluding hydrogens is 840 g/mol. The monoisotopic (exact) mass is 882 g/mol. The van der Waals surface area contributed by atoms with Crippen molar-refractivity contribution >= 4 is 44.6 Å². The van der Waals surface area contributed by atoms with E-state index in [4.69, 9.17) is 13.7 Å². The number of para-hydroxylation sites is 4. The van der Waals surface area contributed by atoms with Gasteiger partial charge >= 0.3 is 0 Å². The molecule has 0 spiro atoms. The molecule has 54 heavy (non-hydrogen) atoms. The van der Waals surface area contributed by atoms with Crippen LogP contribution in [0.3, 0.4) is 0 Å². The number of benzene rings is 7. The summed E-state index contributed by atoms with van der Waals surface area (Å²) in [4.78, 5) is 8.36. The molecule has 4 nitrogen and oxygen atoms in total. The molecule has 0 amide bonds. The molecule has 9 aromatic rings. The Balaban J connectivity index is 0.00000518. The van der Waals surface area contributed by atoms with Crippen molar-refractivity contribution in [2.75, 3.05) is 9.80 Å². The number of fused-ring (bicyclic) bond motifs is 4. The van der Waals surface area contributed by atoms with Crippen molar-refractivity contribution in [1.29, 1.82) is 0 Å². The molecule has 3 heterocycles. The van der Waals surface area contributed by atoms with Crippen molar-refractivity contribution in [1.82, 2.24) is 9.55 Å². The Morgan fingerprint density at radius 2 is 1.22 bits per heavy atom. The molecule has 0 saturated carbocycles. The van der Waals surface area contributed by atoms with Crippen LogP contribution in [0.5, 0.6) is 0 Å². The van der Waals surface area contributed by atoms with Gasteiger partial charge in [0.1, 0.15) is 5.82 Å². The van der Waals surface area contributed by atoms with Crippen LogP contribution in [-0.2, 0) is 27.5 Å². The minimum atomic E-state index is -0.551. The van der Waals surface area contributed by atoms with Gasteiger partial charge in [-0.2, -0.15) is 53.6 Å². The number of anilines is 4. The Morgan fingerprint density at radius 1 is 0.574 bits per heavy atom. The Bertz CT molecular complexity index is 3190. The van der Waals surface area contributed by atoms with Crippen molar-refractivity contribution in [2.24, 2.45) is 0 Å². The zero-order chi connectivity index (χ0) is 43.8. The van der Waals surface area contributed by atoms with Gasteiger partial charge in [-0.3, -0.25) is 0 Å². The first-order chi connectivity index (χ1) is 30.4. The van der Waals surface area contributed by atoms with Gasteiger partial charge < -0.3 is 14.4 Å². The molecule has 0 unspecified atom stereocenters. The molecule has 5 heteroatoms. The van der Waals surface area contributed by atoms with Crippen molar-refractivity contribution in [3.8, 4) is 28.1 Å². The summed E-state index contributed by atoms with van der Waals surface area (Å²) in [7, 11) is 0. The van der Waals surface area contributed by atoms with Crippen LogP contribution in [0.1, 0.15) is 24.8 Å². The van der Waals surface area contributed by atoms with Gasteiger partial charge in [0, 0.05) is 61.0 Å². The predicted octanol–water partition coefficient (Wildman–Crippen LogP) is 12.1. The second-order valence-electron chi connectivity index (χ2n) is 12.6. The summed E-state index contributed by atoms with van der Waals surface area (Å²) in [6.45, 7) is 1.79. The van der Waals surface area contributed by atoms with Crippen LogP contribution in [0, 0.1) is 18.8 Å².